The van der Waals surface area contributed by atoms with Crippen LogP contribution in [0.4, 0.5) is 5.69 Å². The van der Waals surface area contributed by atoms with E-state index in [4.69, 9.17) is 0 Å². The Morgan fingerprint density at radius 2 is 2.13 bits per heavy atom. The second kappa shape index (κ2) is 6.00. The van der Waals surface area contributed by atoms with Crippen LogP contribution < -0.4 is 10.2 Å². The third kappa shape index (κ3) is 2.68. The van der Waals surface area contributed by atoms with Crippen LogP contribution in [0.1, 0.15) is 27.2 Å². The Bertz CT molecular complexity index is 758. The van der Waals surface area contributed by atoms with Crippen molar-refractivity contribution in [1.29, 1.82) is 0 Å². The molecule has 0 spiro atoms. The van der Waals surface area contributed by atoms with Crippen LogP contribution in [0, 0.1) is 6.92 Å². The van der Waals surface area contributed by atoms with Gasteiger partial charge in [-0.3, -0.25) is 9.59 Å². The van der Waals surface area contributed by atoms with Gasteiger partial charge in [-0.15, -0.1) is 11.3 Å². The van der Waals surface area contributed by atoms with Crippen LogP contribution in [0.3, 0.4) is 0 Å². The summed E-state index contributed by atoms with van der Waals surface area (Å²) in [5, 5.41) is 5.51. The van der Waals surface area contributed by atoms with Crippen LogP contribution >= 0.6 is 11.3 Å². The van der Waals surface area contributed by atoms with E-state index in [2.05, 4.69) is 10.3 Å². The van der Waals surface area contributed by atoms with Crippen molar-refractivity contribution in [3.8, 4) is 0 Å². The van der Waals surface area contributed by atoms with Crippen LogP contribution in [-0.2, 0) is 4.79 Å². The van der Waals surface area contributed by atoms with Crippen molar-refractivity contribution >= 4 is 28.8 Å². The first kappa shape index (κ1) is 15.5. The topological polar surface area (TPSA) is 65.5 Å². The fourth-order valence-corrected chi connectivity index (χ4v) is 3.43. The van der Waals surface area contributed by atoms with Gasteiger partial charge in [-0.2, -0.15) is 0 Å². The molecule has 0 aliphatic carbocycles. The molecule has 3 rings (SSSR count). The standard InChI is InChI=1S/C16H18N4O2S/c1-10-18-12(9-23-10)15-19(3)16(22)11-6-4-5-7-13(11)20(15)8-14(21)17-2/h4-7,9,15H,8H2,1-3H3,(H,17,21)/t15-/m1/s1. The van der Waals surface area contributed by atoms with Gasteiger partial charge in [-0.25, -0.2) is 4.98 Å². The number of benzene rings is 1. The maximum Gasteiger partial charge on any atom is 0.257 e. The first-order chi connectivity index (χ1) is 11.0. The predicted octanol–water partition coefficient (Wildman–Crippen LogP) is 1.79. The lowest BCUT2D eigenvalue weighted by atomic mass is 10.0. The highest BCUT2D eigenvalue weighted by molar-refractivity contribution is 7.09. The summed E-state index contributed by atoms with van der Waals surface area (Å²) < 4.78 is 0. The van der Waals surface area contributed by atoms with Gasteiger partial charge in [0.2, 0.25) is 5.91 Å². The maximum atomic E-state index is 12.7. The summed E-state index contributed by atoms with van der Waals surface area (Å²) in [6, 6.07) is 7.36. The molecule has 1 atom stereocenters. The monoisotopic (exact) mass is 330 g/mol. The van der Waals surface area contributed by atoms with Crippen molar-refractivity contribution in [3.63, 3.8) is 0 Å². The number of likely N-dealkylation sites (N-methyl/N-ethyl adjacent to an activating group) is 1. The normalized spacial score (nSPS) is 17.2. The van der Waals surface area contributed by atoms with E-state index < -0.39 is 0 Å². The third-order valence-electron chi connectivity index (χ3n) is 3.92. The largest absolute Gasteiger partial charge is 0.358 e. The van der Waals surface area contributed by atoms with Gasteiger partial charge in [-0.1, -0.05) is 12.1 Å². The predicted molar refractivity (Wildman–Crippen MR) is 89.5 cm³/mol. The second-order valence-corrected chi connectivity index (χ2v) is 6.46. The van der Waals surface area contributed by atoms with Gasteiger partial charge >= 0.3 is 0 Å². The summed E-state index contributed by atoms with van der Waals surface area (Å²) in [5.74, 6) is -0.177. The van der Waals surface area contributed by atoms with E-state index in [1.54, 1.807) is 25.1 Å². The molecule has 0 saturated heterocycles. The van der Waals surface area contributed by atoms with Gasteiger partial charge in [0, 0.05) is 19.5 Å². The number of nitrogens with zero attached hydrogens (tertiary/aromatic N) is 3. The second-order valence-electron chi connectivity index (χ2n) is 5.40. The average molecular weight is 330 g/mol. The van der Waals surface area contributed by atoms with Gasteiger partial charge < -0.3 is 15.1 Å². The van der Waals surface area contributed by atoms with E-state index in [-0.39, 0.29) is 24.5 Å². The zero-order chi connectivity index (χ0) is 16.6. The van der Waals surface area contributed by atoms with E-state index in [1.165, 1.54) is 11.3 Å². The molecule has 1 N–H and O–H groups in total. The number of amides is 2. The number of carbonyl (C=O) groups is 2. The third-order valence-corrected chi connectivity index (χ3v) is 4.71. The van der Waals surface area contributed by atoms with E-state index in [9.17, 15) is 9.59 Å². The first-order valence-corrected chi connectivity index (χ1v) is 8.16. The summed E-state index contributed by atoms with van der Waals surface area (Å²) >= 11 is 1.53. The summed E-state index contributed by atoms with van der Waals surface area (Å²) in [4.78, 5) is 32.8. The van der Waals surface area contributed by atoms with Crippen LogP contribution in [0.15, 0.2) is 29.6 Å². The number of hydrogen-bond acceptors (Lipinski definition) is 5. The van der Waals surface area contributed by atoms with Crippen molar-refractivity contribution in [2.24, 2.45) is 0 Å². The number of anilines is 1. The number of thiazole rings is 1. The molecule has 0 fully saturated rings. The van der Waals surface area contributed by atoms with E-state index >= 15 is 0 Å². The minimum Gasteiger partial charge on any atom is -0.358 e. The fourth-order valence-electron chi connectivity index (χ4n) is 2.81. The number of para-hydroxylation sites is 1. The van der Waals surface area contributed by atoms with Crippen molar-refractivity contribution in [2.75, 3.05) is 25.5 Å². The van der Waals surface area contributed by atoms with Crippen molar-refractivity contribution in [1.82, 2.24) is 15.2 Å². The zero-order valence-electron chi connectivity index (χ0n) is 13.2. The minimum absolute atomic E-state index is 0.0654. The molecule has 120 valence electrons. The van der Waals surface area contributed by atoms with Crippen LogP contribution in [0.5, 0.6) is 0 Å². The number of rotatable bonds is 3. The number of nitrogens with one attached hydrogen (secondary N) is 1. The molecule has 0 saturated carbocycles. The molecule has 6 nitrogen and oxygen atoms in total. The number of fused-ring (bicyclic) bond motifs is 1. The molecule has 2 heterocycles. The van der Waals surface area contributed by atoms with E-state index in [0.717, 1.165) is 16.4 Å². The summed E-state index contributed by atoms with van der Waals surface area (Å²) in [5.41, 5.74) is 2.14. The van der Waals surface area contributed by atoms with Crippen molar-refractivity contribution in [3.05, 3.63) is 45.9 Å². The van der Waals surface area contributed by atoms with Gasteiger partial charge in [0.15, 0.2) is 0 Å². The molecule has 0 unspecified atom stereocenters. The Morgan fingerprint density at radius 3 is 2.78 bits per heavy atom. The molecule has 23 heavy (non-hydrogen) atoms. The Hall–Kier alpha value is -2.41. The summed E-state index contributed by atoms with van der Waals surface area (Å²) in [6.45, 7) is 2.09. The smallest absolute Gasteiger partial charge is 0.257 e. The Balaban J connectivity index is 2.12. The molecule has 1 aromatic heterocycles. The molecule has 0 bridgehead atoms. The molecule has 1 aliphatic heterocycles. The number of hydrogen-bond donors (Lipinski definition) is 1. The van der Waals surface area contributed by atoms with Crippen LogP contribution in [-0.4, -0.2) is 42.3 Å². The van der Waals surface area contributed by atoms with E-state index in [1.807, 2.05) is 35.4 Å². The average Bonchev–Trinajstić information content (AvgIpc) is 2.98. The highest BCUT2D eigenvalue weighted by Crippen LogP contribution is 2.37. The Morgan fingerprint density at radius 1 is 1.39 bits per heavy atom. The van der Waals surface area contributed by atoms with Gasteiger partial charge in [-0.05, 0) is 19.1 Å². The number of aryl methyl sites for hydroxylation is 1. The molecule has 2 aromatic rings. The fraction of sp³-hybridized carbons (Fsp3) is 0.312. The lowest BCUT2D eigenvalue weighted by molar-refractivity contribution is -0.119. The van der Waals surface area contributed by atoms with Crippen LogP contribution in [0.2, 0.25) is 0 Å². The Labute approximate surface area is 138 Å². The zero-order valence-corrected chi connectivity index (χ0v) is 14.1. The SMILES string of the molecule is CNC(=O)CN1c2ccccc2C(=O)N(C)[C@H]1c1csc(C)n1. The molecular weight excluding hydrogens is 312 g/mol. The molecule has 1 aromatic carbocycles. The maximum absolute atomic E-state index is 12.7. The van der Waals surface area contributed by atoms with Crippen molar-refractivity contribution in [2.45, 2.75) is 13.1 Å². The molecule has 1 aliphatic rings. The highest BCUT2D eigenvalue weighted by atomic mass is 32.1. The van der Waals surface area contributed by atoms with E-state index in [0.29, 0.717) is 5.56 Å². The molecule has 7 heteroatoms. The summed E-state index contributed by atoms with van der Waals surface area (Å²) in [7, 11) is 3.35. The number of carbonyl (C=O) groups excluding carboxylic acids is 2. The van der Waals surface area contributed by atoms with Gasteiger partial charge in [0.25, 0.3) is 5.91 Å². The van der Waals surface area contributed by atoms with Gasteiger partial charge in [0.05, 0.1) is 28.5 Å². The number of aromatic nitrogens is 1. The lowest BCUT2D eigenvalue weighted by Gasteiger charge is -2.42. The quantitative estimate of drug-likeness (QED) is 0.932. The van der Waals surface area contributed by atoms with Crippen LogP contribution in [0.25, 0.3) is 0 Å². The molecular formula is C16H18N4O2S. The van der Waals surface area contributed by atoms with Crippen molar-refractivity contribution < 1.29 is 9.59 Å². The minimum atomic E-state index is -0.389. The first-order valence-electron chi connectivity index (χ1n) is 7.28. The highest BCUT2D eigenvalue weighted by Gasteiger charge is 2.38. The Kier molecular flexibility index (Phi) is 4.04. The summed E-state index contributed by atoms with van der Waals surface area (Å²) in [6.07, 6.45) is -0.389. The lowest BCUT2D eigenvalue weighted by Crippen LogP contribution is -2.50. The molecule has 2 amide bonds. The van der Waals surface area contributed by atoms with Gasteiger partial charge in [0.1, 0.15) is 6.17 Å². The molecule has 0 radical (unpaired) electrons.